The van der Waals surface area contributed by atoms with Gasteiger partial charge in [0.25, 0.3) is 0 Å². The molecule has 1 atom stereocenters. The summed E-state index contributed by atoms with van der Waals surface area (Å²) in [6, 6.07) is 0. The quantitative estimate of drug-likeness (QED) is 0.0379. The molecule has 0 bridgehead atoms. The monoisotopic (exact) mass is 783 g/mol. The van der Waals surface area contributed by atoms with Gasteiger partial charge in [0, 0.05) is 12.8 Å². The average molecular weight is 783 g/mol. The third kappa shape index (κ3) is 44.3. The van der Waals surface area contributed by atoms with E-state index in [0.29, 0.717) is 12.8 Å². The first-order chi connectivity index (χ1) is 27.6. The molecule has 0 saturated heterocycles. The molecule has 5 heteroatoms. The van der Waals surface area contributed by atoms with Crippen molar-refractivity contribution in [1.29, 1.82) is 0 Å². The van der Waals surface area contributed by atoms with E-state index in [2.05, 4.69) is 74.6 Å². The zero-order chi connectivity index (χ0) is 40.7. The minimum absolute atomic E-state index is 0.0828. The molecule has 0 aliphatic heterocycles. The molecule has 0 amide bonds. The number of carbonyl (C=O) groups excluding carboxylic acids is 2. The van der Waals surface area contributed by atoms with E-state index in [4.69, 9.17) is 9.47 Å². The van der Waals surface area contributed by atoms with Gasteiger partial charge in [0.15, 0.2) is 6.10 Å². The van der Waals surface area contributed by atoms with Crippen molar-refractivity contribution in [2.24, 2.45) is 0 Å². The Morgan fingerprint density at radius 2 is 0.768 bits per heavy atom. The SMILES string of the molecule is CC/C=C/C/C=C/C/C=C/C/C=C/C/C=C/CCCCCC(=O)OC[C@H](CO)OC(=O)CCCCCCCCCCCCCCCCCCCCCCCCC. The Bertz CT molecular complexity index is 977. The zero-order valence-corrected chi connectivity index (χ0v) is 36.9. The highest BCUT2D eigenvalue weighted by molar-refractivity contribution is 5.70. The van der Waals surface area contributed by atoms with Gasteiger partial charge in [-0.3, -0.25) is 9.59 Å². The summed E-state index contributed by atoms with van der Waals surface area (Å²) in [4.78, 5) is 24.4. The van der Waals surface area contributed by atoms with Crippen molar-refractivity contribution >= 4 is 11.9 Å². The molecule has 0 aliphatic rings. The van der Waals surface area contributed by atoms with Crippen molar-refractivity contribution in [3.8, 4) is 0 Å². The second kappa shape index (κ2) is 47.0. The molecule has 5 nitrogen and oxygen atoms in total. The van der Waals surface area contributed by atoms with E-state index in [1.165, 1.54) is 128 Å². The first-order valence-corrected chi connectivity index (χ1v) is 23.8. The van der Waals surface area contributed by atoms with Gasteiger partial charge in [-0.25, -0.2) is 0 Å². The normalized spacial score (nSPS) is 12.7. The molecule has 0 fully saturated rings. The predicted octanol–water partition coefficient (Wildman–Crippen LogP) is 15.5. The van der Waals surface area contributed by atoms with Crippen LogP contribution >= 0.6 is 0 Å². The number of hydrogen-bond donors (Lipinski definition) is 1. The van der Waals surface area contributed by atoms with Crippen LogP contribution in [0.3, 0.4) is 0 Å². The number of aliphatic hydroxyl groups excluding tert-OH is 1. The molecular weight excluding hydrogens is 693 g/mol. The Morgan fingerprint density at radius 3 is 1.16 bits per heavy atom. The number of aliphatic hydroxyl groups is 1. The van der Waals surface area contributed by atoms with Crippen LogP contribution in [0.2, 0.25) is 0 Å². The van der Waals surface area contributed by atoms with Crippen LogP contribution in [0.4, 0.5) is 0 Å². The number of ether oxygens (including phenoxy) is 2. The van der Waals surface area contributed by atoms with Gasteiger partial charge in [-0.2, -0.15) is 0 Å². The number of unbranched alkanes of at least 4 members (excludes halogenated alkanes) is 25. The maximum Gasteiger partial charge on any atom is 0.306 e. The van der Waals surface area contributed by atoms with E-state index in [1.807, 2.05) is 0 Å². The number of carbonyl (C=O) groups is 2. The maximum absolute atomic E-state index is 12.2. The van der Waals surface area contributed by atoms with Gasteiger partial charge < -0.3 is 14.6 Å². The molecule has 0 aliphatic carbocycles. The lowest BCUT2D eigenvalue weighted by Crippen LogP contribution is -2.28. The summed E-state index contributed by atoms with van der Waals surface area (Å²) in [6.07, 6.45) is 61.6. The van der Waals surface area contributed by atoms with Crippen molar-refractivity contribution in [3.05, 3.63) is 60.8 Å². The molecular formula is C51H90O5. The maximum atomic E-state index is 12.2. The van der Waals surface area contributed by atoms with Crippen molar-refractivity contribution in [3.63, 3.8) is 0 Å². The van der Waals surface area contributed by atoms with Gasteiger partial charge in [-0.05, 0) is 57.8 Å². The molecule has 0 saturated carbocycles. The third-order valence-corrected chi connectivity index (χ3v) is 10.3. The van der Waals surface area contributed by atoms with E-state index < -0.39 is 6.10 Å². The van der Waals surface area contributed by atoms with Gasteiger partial charge in [0.2, 0.25) is 0 Å². The van der Waals surface area contributed by atoms with E-state index >= 15 is 0 Å². The van der Waals surface area contributed by atoms with Crippen molar-refractivity contribution in [2.75, 3.05) is 13.2 Å². The Morgan fingerprint density at radius 1 is 0.429 bits per heavy atom. The molecule has 0 heterocycles. The third-order valence-electron chi connectivity index (χ3n) is 10.3. The molecule has 0 unspecified atom stereocenters. The Kier molecular flexibility index (Phi) is 45.0. The second-order valence-electron chi connectivity index (χ2n) is 15.8. The summed E-state index contributed by atoms with van der Waals surface area (Å²) in [5, 5.41) is 9.60. The average Bonchev–Trinajstić information content (AvgIpc) is 3.20. The molecule has 0 aromatic rings. The fourth-order valence-electron chi connectivity index (χ4n) is 6.76. The van der Waals surface area contributed by atoms with Gasteiger partial charge in [-0.15, -0.1) is 0 Å². The predicted molar refractivity (Wildman–Crippen MR) is 242 cm³/mol. The van der Waals surface area contributed by atoms with Crippen LogP contribution in [0.15, 0.2) is 60.8 Å². The van der Waals surface area contributed by atoms with Crippen LogP contribution in [-0.4, -0.2) is 36.4 Å². The number of allylic oxidation sites excluding steroid dienone is 10. The molecule has 0 aromatic heterocycles. The highest BCUT2D eigenvalue weighted by Crippen LogP contribution is 2.16. The largest absolute Gasteiger partial charge is 0.462 e. The Hall–Kier alpha value is -2.40. The van der Waals surface area contributed by atoms with Crippen LogP contribution < -0.4 is 0 Å². The van der Waals surface area contributed by atoms with E-state index in [9.17, 15) is 14.7 Å². The topological polar surface area (TPSA) is 72.8 Å². The lowest BCUT2D eigenvalue weighted by Gasteiger charge is -2.15. The summed E-state index contributed by atoms with van der Waals surface area (Å²) >= 11 is 0. The summed E-state index contributed by atoms with van der Waals surface area (Å²) in [6.45, 7) is 4.02. The molecule has 56 heavy (non-hydrogen) atoms. The van der Waals surface area contributed by atoms with Crippen molar-refractivity contribution in [1.82, 2.24) is 0 Å². The van der Waals surface area contributed by atoms with Gasteiger partial charge in [-0.1, -0.05) is 222 Å². The van der Waals surface area contributed by atoms with Crippen LogP contribution in [-0.2, 0) is 19.1 Å². The highest BCUT2D eigenvalue weighted by atomic mass is 16.6. The van der Waals surface area contributed by atoms with Crippen molar-refractivity contribution in [2.45, 2.75) is 238 Å². The lowest BCUT2D eigenvalue weighted by atomic mass is 10.0. The number of esters is 2. The zero-order valence-electron chi connectivity index (χ0n) is 36.9. The molecule has 1 N–H and O–H groups in total. The fraction of sp³-hybridized carbons (Fsp3) is 0.765. The Balaban J connectivity index is 3.54. The van der Waals surface area contributed by atoms with Crippen molar-refractivity contribution < 1.29 is 24.2 Å². The molecule has 0 aromatic carbocycles. The van der Waals surface area contributed by atoms with Gasteiger partial charge in [0.05, 0.1) is 6.61 Å². The van der Waals surface area contributed by atoms with E-state index in [0.717, 1.165) is 77.0 Å². The standard InChI is InChI=1S/C51H90O5/c1-3-5-7-9-11-13-15-17-19-21-23-24-25-26-28-30-32-34-36-38-40-42-44-46-51(54)56-49(47-52)48-55-50(53)45-43-41-39-37-35-33-31-29-27-22-20-18-16-14-12-10-8-6-4-2/h6,8,12,14,18,20,27,29,33,35,49,52H,3-5,7,9-11,13,15-17,19,21-26,28,30-32,34,36-48H2,1-2H3/b8-6+,14-12+,20-18+,29-27+,35-33+/t49-/m0/s1. The van der Waals surface area contributed by atoms with Crippen LogP contribution in [0.1, 0.15) is 232 Å². The number of rotatable bonds is 43. The smallest absolute Gasteiger partial charge is 0.306 e. The molecule has 324 valence electrons. The fourth-order valence-corrected chi connectivity index (χ4v) is 6.76. The summed E-state index contributed by atoms with van der Waals surface area (Å²) in [5.41, 5.74) is 0. The summed E-state index contributed by atoms with van der Waals surface area (Å²) in [7, 11) is 0. The lowest BCUT2D eigenvalue weighted by molar-refractivity contribution is -0.161. The Labute approximate surface area is 347 Å². The first-order valence-electron chi connectivity index (χ1n) is 23.8. The minimum atomic E-state index is -0.786. The highest BCUT2D eigenvalue weighted by Gasteiger charge is 2.16. The molecule has 0 rings (SSSR count). The van der Waals surface area contributed by atoms with Gasteiger partial charge >= 0.3 is 11.9 Å². The van der Waals surface area contributed by atoms with E-state index in [1.54, 1.807) is 0 Å². The molecule has 0 radical (unpaired) electrons. The van der Waals surface area contributed by atoms with Crippen LogP contribution in [0.25, 0.3) is 0 Å². The van der Waals surface area contributed by atoms with Gasteiger partial charge in [0.1, 0.15) is 6.61 Å². The van der Waals surface area contributed by atoms with Crippen LogP contribution in [0.5, 0.6) is 0 Å². The van der Waals surface area contributed by atoms with Crippen LogP contribution in [0, 0.1) is 0 Å². The minimum Gasteiger partial charge on any atom is -0.462 e. The van der Waals surface area contributed by atoms with E-state index in [-0.39, 0.29) is 25.2 Å². The molecule has 0 spiro atoms. The summed E-state index contributed by atoms with van der Waals surface area (Å²) < 4.78 is 10.6. The first kappa shape index (κ1) is 53.6. The second-order valence-corrected chi connectivity index (χ2v) is 15.8. The summed E-state index contributed by atoms with van der Waals surface area (Å²) in [5.74, 6) is -0.622. The number of hydrogen-bond acceptors (Lipinski definition) is 5.